The minimum absolute atomic E-state index is 0.0781. The average molecular weight is 273 g/mol. The van der Waals surface area contributed by atoms with Crippen LogP contribution in [-0.4, -0.2) is 20.9 Å². The van der Waals surface area contributed by atoms with Gasteiger partial charge in [-0.15, -0.1) is 5.10 Å². The number of aromatic nitrogens is 3. The van der Waals surface area contributed by atoms with Crippen LogP contribution < -0.4 is 11.5 Å². The maximum absolute atomic E-state index is 11.1. The van der Waals surface area contributed by atoms with Crippen LogP contribution in [0.25, 0.3) is 0 Å². The quantitative estimate of drug-likeness (QED) is 0.826. The highest BCUT2D eigenvalue weighted by Crippen LogP contribution is 2.13. The molecule has 0 bridgehead atoms. The Bertz CT molecular complexity index is 593. The van der Waals surface area contributed by atoms with Crippen LogP contribution in [-0.2, 0) is 6.54 Å². The Morgan fingerprint density at radius 2 is 2.25 bits per heavy atom. The number of primary amides is 1. The third kappa shape index (κ3) is 3.42. The average Bonchev–Trinajstić information content (AvgIpc) is 2.88. The van der Waals surface area contributed by atoms with Gasteiger partial charge in [-0.05, 0) is 24.1 Å². The van der Waals surface area contributed by atoms with Gasteiger partial charge in [-0.25, -0.2) is 4.68 Å². The van der Waals surface area contributed by atoms with Crippen LogP contribution in [0, 0.1) is 0 Å². The number of carbonyl (C=O) groups excluding carboxylic acids is 1. The van der Waals surface area contributed by atoms with Crippen molar-refractivity contribution in [2.24, 2.45) is 11.5 Å². The molecule has 0 aliphatic heterocycles. The number of hydrogen-bond donors (Lipinski definition) is 2. The summed E-state index contributed by atoms with van der Waals surface area (Å²) in [4.78, 5) is 11.1. The molecule has 1 heterocycles. The summed E-state index contributed by atoms with van der Waals surface area (Å²) in [7, 11) is 0. The highest BCUT2D eigenvalue weighted by atomic mass is 16.1. The van der Waals surface area contributed by atoms with Crippen molar-refractivity contribution in [3.63, 3.8) is 0 Å². The van der Waals surface area contributed by atoms with Crippen LogP contribution in [0.15, 0.2) is 30.5 Å². The predicted octanol–water partition coefficient (Wildman–Crippen LogP) is 1.23. The SMILES string of the molecule is CCCC(N)c1cn(Cc2cccc(C(N)=O)c2)nn1. The number of amides is 1. The fraction of sp³-hybridized carbons (Fsp3) is 0.357. The van der Waals surface area contributed by atoms with E-state index in [1.165, 1.54) is 0 Å². The monoisotopic (exact) mass is 273 g/mol. The second-order valence-electron chi connectivity index (χ2n) is 4.80. The van der Waals surface area contributed by atoms with Crippen LogP contribution in [0.4, 0.5) is 0 Å². The Hall–Kier alpha value is -2.21. The summed E-state index contributed by atoms with van der Waals surface area (Å²) in [5.41, 5.74) is 13.5. The normalized spacial score (nSPS) is 12.3. The van der Waals surface area contributed by atoms with Crippen molar-refractivity contribution in [3.05, 3.63) is 47.3 Å². The summed E-state index contributed by atoms with van der Waals surface area (Å²) in [6, 6.07) is 7.09. The lowest BCUT2D eigenvalue weighted by Gasteiger charge is -2.05. The number of rotatable bonds is 6. The molecule has 0 radical (unpaired) electrons. The third-order valence-electron chi connectivity index (χ3n) is 3.09. The van der Waals surface area contributed by atoms with E-state index in [0.29, 0.717) is 12.1 Å². The second-order valence-corrected chi connectivity index (χ2v) is 4.80. The van der Waals surface area contributed by atoms with E-state index < -0.39 is 5.91 Å². The molecule has 6 heteroatoms. The van der Waals surface area contributed by atoms with Gasteiger partial charge < -0.3 is 11.5 Å². The molecule has 2 rings (SSSR count). The van der Waals surface area contributed by atoms with E-state index in [4.69, 9.17) is 11.5 Å². The van der Waals surface area contributed by atoms with E-state index in [2.05, 4.69) is 17.2 Å². The molecule has 2 aromatic rings. The van der Waals surface area contributed by atoms with Gasteiger partial charge in [0, 0.05) is 5.56 Å². The highest BCUT2D eigenvalue weighted by molar-refractivity contribution is 5.92. The standard InChI is InChI=1S/C14H19N5O/c1-2-4-12(15)13-9-19(18-17-13)8-10-5-3-6-11(7-10)14(16)20/h3,5-7,9,12H,2,4,8,15H2,1H3,(H2,16,20). The molecule has 0 aliphatic carbocycles. The van der Waals surface area contributed by atoms with Crippen molar-refractivity contribution in [2.45, 2.75) is 32.4 Å². The Balaban J connectivity index is 2.10. The molecule has 4 N–H and O–H groups in total. The summed E-state index contributed by atoms with van der Waals surface area (Å²) in [6.07, 6.45) is 3.74. The van der Waals surface area contributed by atoms with E-state index in [-0.39, 0.29) is 6.04 Å². The molecule has 20 heavy (non-hydrogen) atoms. The van der Waals surface area contributed by atoms with E-state index in [1.807, 2.05) is 12.3 Å². The Labute approximate surface area is 117 Å². The molecule has 1 aromatic heterocycles. The molecule has 0 saturated heterocycles. The van der Waals surface area contributed by atoms with E-state index >= 15 is 0 Å². The summed E-state index contributed by atoms with van der Waals surface area (Å²) < 4.78 is 1.71. The van der Waals surface area contributed by atoms with Crippen LogP contribution in [0.2, 0.25) is 0 Å². The van der Waals surface area contributed by atoms with Gasteiger partial charge in [-0.3, -0.25) is 4.79 Å². The van der Waals surface area contributed by atoms with Crippen LogP contribution in [0.5, 0.6) is 0 Å². The first-order valence-electron chi connectivity index (χ1n) is 6.64. The number of benzene rings is 1. The third-order valence-corrected chi connectivity index (χ3v) is 3.09. The number of carbonyl (C=O) groups is 1. The van der Waals surface area contributed by atoms with Gasteiger partial charge in [0.25, 0.3) is 0 Å². The Kier molecular flexibility index (Phi) is 4.47. The predicted molar refractivity (Wildman–Crippen MR) is 75.9 cm³/mol. The first kappa shape index (κ1) is 14.2. The molecule has 0 aliphatic rings. The molecule has 106 valence electrons. The first-order valence-corrected chi connectivity index (χ1v) is 6.64. The zero-order valence-electron chi connectivity index (χ0n) is 11.5. The number of nitrogens with zero attached hydrogens (tertiary/aromatic N) is 3. The minimum atomic E-state index is -0.434. The van der Waals surface area contributed by atoms with Crippen molar-refractivity contribution in [3.8, 4) is 0 Å². The molecule has 1 unspecified atom stereocenters. The van der Waals surface area contributed by atoms with Gasteiger partial charge >= 0.3 is 0 Å². The van der Waals surface area contributed by atoms with Gasteiger partial charge in [0.1, 0.15) is 0 Å². The molecule has 1 atom stereocenters. The first-order chi connectivity index (χ1) is 9.60. The van der Waals surface area contributed by atoms with Gasteiger partial charge in [0.2, 0.25) is 5.91 Å². The van der Waals surface area contributed by atoms with Gasteiger partial charge in [0.05, 0.1) is 24.5 Å². The second kappa shape index (κ2) is 6.29. The van der Waals surface area contributed by atoms with Crippen LogP contribution >= 0.6 is 0 Å². The highest BCUT2D eigenvalue weighted by Gasteiger charge is 2.10. The zero-order chi connectivity index (χ0) is 14.5. The lowest BCUT2D eigenvalue weighted by Crippen LogP contribution is -2.11. The Morgan fingerprint density at radius 3 is 2.95 bits per heavy atom. The lowest BCUT2D eigenvalue weighted by atomic mass is 10.1. The molecule has 6 nitrogen and oxygen atoms in total. The van der Waals surface area contributed by atoms with Crippen LogP contribution in [0.1, 0.15) is 47.4 Å². The summed E-state index contributed by atoms with van der Waals surface area (Å²) in [5.74, 6) is -0.434. The van der Waals surface area contributed by atoms with Crippen molar-refractivity contribution in [2.75, 3.05) is 0 Å². The van der Waals surface area contributed by atoms with Gasteiger partial charge in [-0.2, -0.15) is 0 Å². The summed E-state index contributed by atoms with van der Waals surface area (Å²) in [5, 5.41) is 8.14. The lowest BCUT2D eigenvalue weighted by molar-refractivity contribution is 0.1000. The maximum atomic E-state index is 11.1. The fourth-order valence-corrected chi connectivity index (χ4v) is 2.03. The molecular weight excluding hydrogens is 254 g/mol. The smallest absolute Gasteiger partial charge is 0.248 e. The molecule has 1 amide bonds. The molecule has 0 saturated carbocycles. The minimum Gasteiger partial charge on any atom is -0.366 e. The number of hydrogen-bond acceptors (Lipinski definition) is 4. The topological polar surface area (TPSA) is 99.8 Å². The Morgan fingerprint density at radius 1 is 1.45 bits per heavy atom. The van der Waals surface area contributed by atoms with E-state index in [0.717, 1.165) is 24.1 Å². The fourth-order valence-electron chi connectivity index (χ4n) is 2.03. The molecule has 0 spiro atoms. The molecule has 0 fully saturated rings. The van der Waals surface area contributed by atoms with Crippen molar-refractivity contribution >= 4 is 5.91 Å². The van der Waals surface area contributed by atoms with Gasteiger partial charge in [-0.1, -0.05) is 30.7 Å². The van der Waals surface area contributed by atoms with Crippen LogP contribution in [0.3, 0.4) is 0 Å². The number of nitrogens with two attached hydrogens (primary N) is 2. The largest absolute Gasteiger partial charge is 0.366 e. The summed E-state index contributed by atoms with van der Waals surface area (Å²) in [6.45, 7) is 2.62. The maximum Gasteiger partial charge on any atom is 0.248 e. The van der Waals surface area contributed by atoms with E-state index in [9.17, 15) is 4.79 Å². The molecular formula is C14H19N5O. The van der Waals surface area contributed by atoms with E-state index in [1.54, 1.807) is 22.9 Å². The summed E-state index contributed by atoms with van der Waals surface area (Å²) >= 11 is 0. The molecule has 1 aromatic carbocycles. The van der Waals surface area contributed by atoms with Gasteiger partial charge in [0.15, 0.2) is 0 Å². The zero-order valence-corrected chi connectivity index (χ0v) is 11.5. The van der Waals surface area contributed by atoms with Crippen molar-refractivity contribution < 1.29 is 4.79 Å². The van der Waals surface area contributed by atoms with Crippen molar-refractivity contribution in [1.29, 1.82) is 0 Å². The van der Waals surface area contributed by atoms with Crippen molar-refractivity contribution in [1.82, 2.24) is 15.0 Å².